The highest BCUT2D eigenvalue weighted by Crippen LogP contribution is 2.36. The molecule has 0 bridgehead atoms. The van der Waals surface area contributed by atoms with Crippen LogP contribution in [0, 0.1) is 11.3 Å². The van der Waals surface area contributed by atoms with E-state index >= 15 is 0 Å². The van der Waals surface area contributed by atoms with Gasteiger partial charge in [-0.05, 0) is 73.0 Å². The van der Waals surface area contributed by atoms with Crippen LogP contribution in [0.25, 0.3) is 0 Å². The van der Waals surface area contributed by atoms with Crippen molar-refractivity contribution in [2.24, 2.45) is 0 Å². The van der Waals surface area contributed by atoms with Crippen LogP contribution in [0.4, 0.5) is 0 Å². The molecular formula is C25H21ClN2OS. The Hall–Kier alpha value is -2.58. The summed E-state index contributed by atoms with van der Waals surface area (Å²) in [6.07, 6.45) is 2.03. The summed E-state index contributed by atoms with van der Waals surface area (Å²) in [4.78, 5) is 13.8. The van der Waals surface area contributed by atoms with Crippen molar-refractivity contribution < 1.29 is 4.79 Å². The molecule has 0 amide bonds. The summed E-state index contributed by atoms with van der Waals surface area (Å²) in [6, 6.07) is 20.7. The molecule has 1 N–H and O–H groups in total. The van der Waals surface area contributed by atoms with Gasteiger partial charge in [-0.25, -0.2) is 0 Å². The number of halogens is 1. The fourth-order valence-corrected chi connectivity index (χ4v) is 5.09. The first-order valence-electron chi connectivity index (χ1n) is 9.93. The van der Waals surface area contributed by atoms with Gasteiger partial charge in [0.1, 0.15) is 0 Å². The molecule has 0 unspecified atom stereocenters. The van der Waals surface area contributed by atoms with E-state index < -0.39 is 0 Å². The predicted octanol–water partition coefficient (Wildman–Crippen LogP) is 5.42. The fraction of sp³-hybridized carbons (Fsp3) is 0.200. The molecule has 4 rings (SSSR count). The Balaban J connectivity index is 1.47. The number of carbonyl (C=O) groups excluding carboxylic acids is 1. The lowest BCUT2D eigenvalue weighted by atomic mass is 10.0. The van der Waals surface area contributed by atoms with Crippen molar-refractivity contribution in [3.63, 3.8) is 0 Å². The smallest absolute Gasteiger partial charge is 0.193 e. The number of hydrogen-bond donors (Lipinski definition) is 1. The molecule has 0 aromatic heterocycles. The minimum Gasteiger partial charge on any atom is -0.316 e. The van der Waals surface area contributed by atoms with Crippen LogP contribution in [0.2, 0.25) is 5.02 Å². The van der Waals surface area contributed by atoms with Gasteiger partial charge in [0, 0.05) is 21.8 Å². The molecule has 1 heterocycles. The van der Waals surface area contributed by atoms with Crippen LogP contribution in [0.5, 0.6) is 0 Å². The van der Waals surface area contributed by atoms with Gasteiger partial charge in [0.25, 0.3) is 0 Å². The highest BCUT2D eigenvalue weighted by molar-refractivity contribution is 7.98. The molecule has 3 aromatic carbocycles. The van der Waals surface area contributed by atoms with Crippen LogP contribution in [-0.4, -0.2) is 18.9 Å². The third kappa shape index (κ3) is 4.60. The molecule has 0 radical (unpaired) electrons. The number of nitrogens with one attached hydrogen (secondary N) is 1. The van der Waals surface area contributed by atoms with Crippen LogP contribution in [0.15, 0.2) is 65.6 Å². The zero-order chi connectivity index (χ0) is 20.9. The summed E-state index contributed by atoms with van der Waals surface area (Å²) in [5.41, 5.74) is 5.68. The van der Waals surface area contributed by atoms with Gasteiger partial charge in [0.2, 0.25) is 0 Å². The fourth-order valence-electron chi connectivity index (χ4n) is 3.64. The number of thioether (sulfide) groups is 1. The second kappa shape index (κ2) is 9.49. The molecular weight excluding hydrogens is 412 g/mol. The number of ketones is 1. The van der Waals surface area contributed by atoms with Crippen LogP contribution in [0.3, 0.4) is 0 Å². The summed E-state index contributed by atoms with van der Waals surface area (Å²) < 4.78 is 0. The van der Waals surface area contributed by atoms with E-state index in [-0.39, 0.29) is 5.78 Å². The molecule has 1 aliphatic heterocycles. The van der Waals surface area contributed by atoms with E-state index in [1.54, 1.807) is 36.0 Å². The molecule has 3 aromatic rings. The summed E-state index contributed by atoms with van der Waals surface area (Å²) >= 11 is 8.29. The summed E-state index contributed by atoms with van der Waals surface area (Å²) in [7, 11) is 0. The number of rotatable bonds is 5. The zero-order valence-electron chi connectivity index (χ0n) is 16.5. The molecule has 0 fully saturated rings. The van der Waals surface area contributed by atoms with Gasteiger partial charge < -0.3 is 5.32 Å². The van der Waals surface area contributed by atoms with Crippen molar-refractivity contribution in [3.8, 4) is 6.07 Å². The van der Waals surface area contributed by atoms with Crippen LogP contribution >= 0.6 is 23.4 Å². The Kier molecular flexibility index (Phi) is 6.54. The Morgan fingerprint density at radius 2 is 1.63 bits per heavy atom. The lowest BCUT2D eigenvalue weighted by Gasteiger charge is -2.14. The van der Waals surface area contributed by atoms with Crippen LogP contribution in [0.1, 0.15) is 38.2 Å². The third-order valence-electron chi connectivity index (χ3n) is 5.31. The number of nitrogens with zero attached hydrogens (tertiary/aromatic N) is 1. The van der Waals surface area contributed by atoms with Crippen molar-refractivity contribution in [2.75, 3.05) is 13.1 Å². The van der Waals surface area contributed by atoms with Gasteiger partial charge in [-0.15, -0.1) is 11.8 Å². The lowest BCUT2D eigenvalue weighted by Crippen LogP contribution is -2.16. The third-order valence-corrected chi connectivity index (χ3v) is 6.97. The SMILES string of the molecule is N#Cc1ccc(C(=O)c2ccc(CSc3c(Cl)ccc4c3CCNCC4)cc2)cc1. The van der Waals surface area contributed by atoms with Gasteiger partial charge in [-0.3, -0.25) is 4.79 Å². The maximum Gasteiger partial charge on any atom is 0.193 e. The molecule has 0 atom stereocenters. The highest BCUT2D eigenvalue weighted by Gasteiger charge is 2.15. The van der Waals surface area contributed by atoms with Gasteiger partial charge >= 0.3 is 0 Å². The average Bonchev–Trinajstić information content (AvgIpc) is 3.04. The zero-order valence-corrected chi connectivity index (χ0v) is 18.0. The Morgan fingerprint density at radius 1 is 0.967 bits per heavy atom. The number of hydrogen-bond acceptors (Lipinski definition) is 4. The summed E-state index contributed by atoms with van der Waals surface area (Å²) in [5.74, 6) is 0.761. The van der Waals surface area contributed by atoms with Gasteiger partial charge in [0.15, 0.2) is 5.78 Å². The van der Waals surface area contributed by atoms with Crippen molar-refractivity contribution in [1.82, 2.24) is 5.32 Å². The number of fused-ring (bicyclic) bond motifs is 1. The van der Waals surface area contributed by atoms with E-state index in [9.17, 15) is 4.79 Å². The van der Waals surface area contributed by atoms with Crippen LogP contribution in [-0.2, 0) is 18.6 Å². The first kappa shape index (κ1) is 20.7. The van der Waals surface area contributed by atoms with Crippen molar-refractivity contribution in [2.45, 2.75) is 23.5 Å². The van der Waals surface area contributed by atoms with E-state index in [1.165, 1.54) is 16.0 Å². The normalized spacial score (nSPS) is 13.2. The number of nitriles is 1. The van der Waals surface area contributed by atoms with E-state index in [0.717, 1.165) is 42.3 Å². The minimum atomic E-state index is -0.0392. The van der Waals surface area contributed by atoms with Crippen molar-refractivity contribution in [1.29, 1.82) is 5.26 Å². The van der Waals surface area contributed by atoms with Crippen LogP contribution < -0.4 is 5.32 Å². The average molecular weight is 433 g/mol. The van der Waals surface area contributed by atoms with Gasteiger partial charge in [-0.2, -0.15) is 5.26 Å². The largest absolute Gasteiger partial charge is 0.316 e. The summed E-state index contributed by atoms with van der Waals surface area (Å²) in [5, 5.41) is 13.2. The standard InChI is InChI=1S/C25H21ClN2OS/c26-23-10-9-19-11-13-28-14-12-22(19)25(23)30-16-18-3-7-21(8-4-18)24(29)20-5-1-17(15-27)2-6-20/h1-10,28H,11-14,16H2. The maximum absolute atomic E-state index is 12.7. The number of carbonyl (C=O) groups is 1. The Bertz CT molecular complexity index is 1100. The van der Waals surface area contributed by atoms with E-state index in [1.807, 2.05) is 30.3 Å². The highest BCUT2D eigenvalue weighted by atomic mass is 35.5. The van der Waals surface area contributed by atoms with E-state index in [0.29, 0.717) is 16.7 Å². The molecule has 0 saturated heterocycles. The molecule has 30 heavy (non-hydrogen) atoms. The second-order valence-electron chi connectivity index (χ2n) is 7.27. The first-order valence-corrected chi connectivity index (χ1v) is 11.3. The molecule has 0 saturated carbocycles. The molecule has 0 aliphatic carbocycles. The van der Waals surface area contributed by atoms with Crippen molar-refractivity contribution >= 4 is 29.1 Å². The molecule has 5 heteroatoms. The lowest BCUT2D eigenvalue weighted by molar-refractivity contribution is 0.103. The van der Waals surface area contributed by atoms with E-state index in [2.05, 4.69) is 17.5 Å². The van der Waals surface area contributed by atoms with Crippen molar-refractivity contribution in [3.05, 3.63) is 99.1 Å². The Morgan fingerprint density at radius 3 is 2.33 bits per heavy atom. The summed E-state index contributed by atoms with van der Waals surface area (Å²) in [6.45, 7) is 1.99. The number of benzene rings is 3. The molecule has 150 valence electrons. The van der Waals surface area contributed by atoms with Gasteiger partial charge in [0.05, 0.1) is 16.7 Å². The minimum absolute atomic E-state index is 0.0392. The maximum atomic E-state index is 12.7. The predicted molar refractivity (Wildman–Crippen MR) is 122 cm³/mol. The van der Waals surface area contributed by atoms with Gasteiger partial charge in [-0.1, -0.05) is 41.9 Å². The Labute approximate surface area is 186 Å². The molecule has 0 spiro atoms. The van der Waals surface area contributed by atoms with E-state index in [4.69, 9.17) is 16.9 Å². The molecule has 1 aliphatic rings. The monoisotopic (exact) mass is 432 g/mol. The molecule has 3 nitrogen and oxygen atoms in total. The quantitative estimate of drug-likeness (QED) is 0.431. The second-order valence-corrected chi connectivity index (χ2v) is 8.66. The first-order chi connectivity index (χ1) is 14.7. The topological polar surface area (TPSA) is 52.9 Å².